The van der Waals surface area contributed by atoms with E-state index in [0.29, 0.717) is 11.3 Å². The van der Waals surface area contributed by atoms with Gasteiger partial charge in [0.2, 0.25) is 0 Å². The van der Waals surface area contributed by atoms with Crippen molar-refractivity contribution in [2.24, 2.45) is 0 Å². The molecule has 5 nitrogen and oxygen atoms in total. The molecule has 0 saturated heterocycles. The Morgan fingerprint density at radius 2 is 2.29 bits per heavy atom. The van der Waals surface area contributed by atoms with Crippen LogP contribution in [0.25, 0.3) is 0 Å². The minimum absolute atomic E-state index is 0.0681. The number of hydrogen-bond acceptors (Lipinski definition) is 3. The average molecular weight is 214 g/mol. The van der Waals surface area contributed by atoms with E-state index < -0.39 is 7.60 Å². The third-order valence-electron chi connectivity index (χ3n) is 1.75. The first-order chi connectivity index (χ1) is 6.41. The maximum absolute atomic E-state index is 10.8. The van der Waals surface area contributed by atoms with Crippen molar-refractivity contribution < 1.29 is 14.4 Å². The molecule has 0 spiro atoms. The predicted octanol–water partition coefficient (Wildman–Crippen LogP) is 0.898. The molecule has 0 saturated carbocycles. The first kappa shape index (κ1) is 10.9. The highest BCUT2D eigenvalue weighted by Crippen LogP contribution is 2.45. The lowest BCUT2D eigenvalue weighted by Gasteiger charge is -2.08. The summed E-state index contributed by atoms with van der Waals surface area (Å²) >= 11 is 0. The van der Waals surface area contributed by atoms with E-state index in [1.807, 2.05) is 0 Å². The summed E-state index contributed by atoms with van der Waals surface area (Å²) in [5, 5.41) is -0.143. The summed E-state index contributed by atoms with van der Waals surface area (Å²) in [7, 11) is -4.21. The molecule has 0 aromatic carbocycles. The van der Waals surface area contributed by atoms with E-state index in [0.717, 1.165) is 0 Å². The highest BCUT2D eigenvalue weighted by atomic mass is 31.2. The standard InChI is InChI=1S/C8H11N2O3P/c1-6(14(11,12)13)4-7-2-3-10-5-8(7)9/h2-3,5H,1,4,9H2,(H2,11,12,13). The Bertz CT molecular complexity index is 399. The molecule has 0 radical (unpaired) electrons. The SMILES string of the molecule is C=C(Cc1ccncc1N)P(=O)(O)O. The molecule has 6 heteroatoms. The molecule has 0 fully saturated rings. The number of nitrogen functional groups attached to an aromatic ring is 1. The van der Waals surface area contributed by atoms with Crippen LogP contribution in [0.5, 0.6) is 0 Å². The minimum atomic E-state index is -4.21. The van der Waals surface area contributed by atoms with Crippen LogP contribution in [0.15, 0.2) is 30.4 Å². The maximum Gasteiger partial charge on any atom is 0.351 e. The Hall–Kier alpha value is -1.16. The first-order valence-corrected chi connectivity index (χ1v) is 5.44. The van der Waals surface area contributed by atoms with E-state index in [1.165, 1.54) is 12.4 Å². The Morgan fingerprint density at radius 1 is 1.64 bits per heavy atom. The van der Waals surface area contributed by atoms with Gasteiger partial charge in [-0.2, -0.15) is 0 Å². The molecule has 0 aliphatic rings. The topological polar surface area (TPSA) is 96.4 Å². The normalized spacial score (nSPS) is 11.3. The van der Waals surface area contributed by atoms with Crippen molar-refractivity contribution in [3.63, 3.8) is 0 Å². The van der Waals surface area contributed by atoms with Gasteiger partial charge in [-0.25, -0.2) is 0 Å². The zero-order valence-electron chi connectivity index (χ0n) is 7.42. The molecule has 0 unspecified atom stereocenters. The largest absolute Gasteiger partial charge is 0.397 e. The van der Waals surface area contributed by atoms with Gasteiger partial charge in [0.25, 0.3) is 0 Å². The molecular formula is C8H11N2O3P. The van der Waals surface area contributed by atoms with Crippen LogP contribution in [0.1, 0.15) is 5.56 Å². The molecular weight excluding hydrogens is 203 g/mol. The summed E-state index contributed by atoms with van der Waals surface area (Å²) in [5.74, 6) is 0. The Labute approximate surface area is 81.4 Å². The van der Waals surface area contributed by atoms with E-state index in [1.54, 1.807) is 6.07 Å². The number of allylic oxidation sites excluding steroid dienone is 1. The van der Waals surface area contributed by atoms with E-state index in [4.69, 9.17) is 15.5 Å². The summed E-state index contributed by atoms with van der Waals surface area (Å²) in [5.41, 5.74) is 6.58. The number of rotatable bonds is 3. The summed E-state index contributed by atoms with van der Waals surface area (Å²) in [6.07, 6.45) is 3.01. The third-order valence-corrected chi connectivity index (χ3v) is 2.73. The van der Waals surface area contributed by atoms with Gasteiger partial charge in [0.15, 0.2) is 0 Å². The van der Waals surface area contributed by atoms with E-state index in [-0.39, 0.29) is 11.7 Å². The number of aromatic nitrogens is 1. The number of anilines is 1. The summed E-state index contributed by atoms with van der Waals surface area (Å²) in [6.45, 7) is 3.32. The first-order valence-electron chi connectivity index (χ1n) is 3.83. The lowest BCUT2D eigenvalue weighted by atomic mass is 10.1. The summed E-state index contributed by atoms with van der Waals surface area (Å²) < 4.78 is 10.8. The van der Waals surface area contributed by atoms with Crippen molar-refractivity contribution in [3.8, 4) is 0 Å². The highest BCUT2D eigenvalue weighted by molar-refractivity contribution is 7.56. The van der Waals surface area contributed by atoms with Crippen LogP contribution in [0, 0.1) is 0 Å². The van der Waals surface area contributed by atoms with Gasteiger partial charge < -0.3 is 15.5 Å². The molecule has 1 aromatic heterocycles. The summed E-state index contributed by atoms with van der Waals surface area (Å²) in [4.78, 5) is 21.4. The Kier molecular flexibility index (Phi) is 3.06. The number of pyridine rings is 1. The van der Waals surface area contributed by atoms with Gasteiger partial charge in [0, 0.05) is 17.9 Å². The fourth-order valence-corrected chi connectivity index (χ4v) is 1.30. The van der Waals surface area contributed by atoms with Crippen LogP contribution >= 0.6 is 7.60 Å². The van der Waals surface area contributed by atoms with Gasteiger partial charge in [0.1, 0.15) is 0 Å². The van der Waals surface area contributed by atoms with Crippen molar-refractivity contribution in [1.82, 2.24) is 4.98 Å². The van der Waals surface area contributed by atoms with Crippen LogP contribution in [0.4, 0.5) is 5.69 Å². The Morgan fingerprint density at radius 3 is 2.79 bits per heavy atom. The van der Waals surface area contributed by atoms with Crippen molar-refractivity contribution in [1.29, 1.82) is 0 Å². The second-order valence-corrected chi connectivity index (χ2v) is 4.58. The molecule has 1 aromatic rings. The molecule has 76 valence electrons. The van der Waals surface area contributed by atoms with E-state index in [9.17, 15) is 4.57 Å². The molecule has 0 amide bonds. The quantitative estimate of drug-likeness (QED) is 0.649. The van der Waals surface area contributed by atoms with E-state index in [2.05, 4.69) is 11.6 Å². The molecule has 0 bridgehead atoms. The third kappa shape index (κ3) is 2.67. The average Bonchev–Trinajstić information content (AvgIpc) is 2.07. The van der Waals surface area contributed by atoms with Gasteiger partial charge in [0.05, 0.1) is 11.9 Å². The molecule has 0 aliphatic heterocycles. The van der Waals surface area contributed by atoms with Crippen molar-refractivity contribution in [3.05, 3.63) is 35.9 Å². The number of nitrogens with two attached hydrogens (primary N) is 1. The highest BCUT2D eigenvalue weighted by Gasteiger charge is 2.19. The molecule has 14 heavy (non-hydrogen) atoms. The molecule has 1 rings (SSSR count). The zero-order chi connectivity index (χ0) is 10.8. The van der Waals surface area contributed by atoms with Gasteiger partial charge in [-0.3, -0.25) is 9.55 Å². The lowest BCUT2D eigenvalue weighted by molar-refractivity contribution is 0.381. The van der Waals surface area contributed by atoms with Crippen LogP contribution < -0.4 is 5.73 Å². The zero-order valence-corrected chi connectivity index (χ0v) is 8.32. The smallest absolute Gasteiger partial charge is 0.351 e. The molecule has 4 N–H and O–H groups in total. The second-order valence-electron chi connectivity index (χ2n) is 2.86. The van der Waals surface area contributed by atoms with Crippen LogP contribution in [-0.4, -0.2) is 14.8 Å². The molecule has 0 atom stereocenters. The lowest BCUT2D eigenvalue weighted by Crippen LogP contribution is -1.97. The number of hydrogen-bond donors (Lipinski definition) is 3. The van der Waals surface area contributed by atoms with Crippen LogP contribution in [0.2, 0.25) is 0 Å². The van der Waals surface area contributed by atoms with Gasteiger partial charge >= 0.3 is 7.60 Å². The van der Waals surface area contributed by atoms with Crippen molar-refractivity contribution >= 4 is 13.3 Å². The Balaban J connectivity index is 2.86. The summed E-state index contributed by atoms with van der Waals surface area (Å²) in [6, 6.07) is 1.61. The van der Waals surface area contributed by atoms with Gasteiger partial charge in [-0.05, 0) is 11.6 Å². The van der Waals surface area contributed by atoms with Gasteiger partial charge in [-0.15, -0.1) is 0 Å². The predicted molar refractivity (Wildman–Crippen MR) is 53.5 cm³/mol. The van der Waals surface area contributed by atoms with Gasteiger partial charge in [-0.1, -0.05) is 6.58 Å². The number of nitrogens with zero attached hydrogens (tertiary/aromatic N) is 1. The fraction of sp³-hybridized carbons (Fsp3) is 0.125. The minimum Gasteiger partial charge on any atom is -0.397 e. The molecule has 1 heterocycles. The molecule has 0 aliphatic carbocycles. The van der Waals surface area contributed by atoms with E-state index >= 15 is 0 Å². The fourth-order valence-electron chi connectivity index (χ4n) is 0.919. The van der Waals surface area contributed by atoms with Crippen molar-refractivity contribution in [2.75, 3.05) is 5.73 Å². The van der Waals surface area contributed by atoms with Crippen LogP contribution in [0.3, 0.4) is 0 Å². The maximum atomic E-state index is 10.8. The van der Waals surface area contributed by atoms with Crippen LogP contribution in [-0.2, 0) is 11.0 Å². The van der Waals surface area contributed by atoms with Crippen molar-refractivity contribution in [2.45, 2.75) is 6.42 Å². The second kappa shape index (κ2) is 3.92. The monoisotopic (exact) mass is 214 g/mol.